The summed E-state index contributed by atoms with van der Waals surface area (Å²) in [7, 11) is 0. The molecule has 3 atom stereocenters. The molecule has 128 valence electrons. The van der Waals surface area contributed by atoms with Gasteiger partial charge in [-0.25, -0.2) is 0 Å². The first-order valence-electron chi connectivity index (χ1n) is 8.74. The van der Waals surface area contributed by atoms with Gasteiger partial charge in [-0.1, -0.05) is 62.9 Å². The Hall–Kier alpha value is -1.06. The van der Waals surface area contributed by atoms with Gasteiger partial charge >= 0.3 is 0 Å². The van der Waals surface area contributed by atoms with Crippen LogP contribution in [0.4, 0.5) is 0 Å². The minimum atomic E-state index is 0. The third-order valence-electron chi connectivity index (χ3n) is 5.49. The highest BCUT2D eigenvalue weighted by Gasteiger charge is 2.35. The standard InChI is InChI=1S/C19H28N2O.ClH/c1-14(11-15-7-5-6-8-15)19(22)21-12-17(18(20)13-21)16-9-3-2-4-10-16;/h2-4,9-10,14-15,17-18H,5-8,11-13,20H2,1H3;1H/t14?,17-,18+;/m0./s1. The summed E-state index contributed by atoms with van der Waals surface area (Å²) in [5, 5.41) is 0. The molecule has 1 amide bonds. The molecule has 0 aromatic heterocycles. The van der Waals surface area contributed by atoms with Crippen molar-refractivity contribution < 1.29 is 4.79 Å². The lowest BCUT2D eigenvalue weighted by molar-refractivity contribution is -0.134. The average Bonchev–Trinajstić information content (AvgIpc) is 3.17. The summed E-state index contributed by atoms with van der Waals surface area (Å²) in [5.41, 5.74) is 7.57. The monoisotopic (exact) mass is 336 g/mol. The number of rotatable bonds is 4. The van der Waals surface area contributed by atoms with Crippen LogP contribution in [0.5, 0.6) is 0 Å². The van der Waals surface area contributed by atoms with Gasteiger partial charge in [0, 0.05) is 31.0 Å². The van der Waals surface area contributed by atoms with E-state index in [9.17, 15) is 4.79 Å². The first kappa shape index (κ1) is 18.3. The van der Waals surface area contributed by atoms with Gasteiger partial charge in [0.1, 0.15) is 0 Å². The minimum absolute atomic E-state index is 0. The van der Waals surface area contributed by atoms with Crippen molar-refractivity contribution in [3.8, 4) is 0 Å². The minimum Gasteiger partial charge on any atom is -0.340 e. The molecule has 0 bridgehead atoms. The number of hydrogen-bond donors (Lipinski definition) is 1. The second-order valence-electron chi connectivity index (χ2n) is 7.21. The molecule has 2 fully saturated rings. The van der Waals surface area contributed by atoms with Crippen LogP contribution in [0.25, 0.3) is 0 Å². The smallest absolute Gasteiger partial charge is 0.225 e. The van der Waals surface area contributed by atoms with Gasteiger partial charge < -0.3 is 10.6 Å². The van der Waals surface area contributed by atoms with Crippen LogP contribution in [0.15, 0.2) is 30.3 Å². The highest BCUT2D eigenvalue weighted by atomic mass is 35.5. The fourth-order valence-electron chi connectivity index (χ4n) is 4.22. The molecule has 1 saturated carbocycles. The van der Waals surface area contributed by atoms with E-state index in [1.54, 1.807) is 0 Å². The molecule has 1 aliphatic heterocycles. The van der Waals surface area contributed by atoms with E-state index >= 15 is 0 Å². The van der Waals surface area contributed by atoms with Gasteiger partial charge in [-0.2, -0.15) is 0 Å². The number of nitrogens with zero attached hydrogens (tertiary/aromatic N) is 1. The number of nitrogens with two attached hydrogens (primary N) is 1. The zero-order valence-electron chi connectivity index (χ0n) is 14.0. The van der Waals surface area contributed by atoms with E-state index in [0.29, 0.717) is 12.5 Å². The predicted molar refractivity (Wildman–Crippen MR) is 96.7 cm³/mol. The Morgan fingerprint density at radius 3 is 2.52 bits per heavy atom. The Kier molecular flexibility index (Phi) is 6.49. The van der Waals surface area contributed by atoms with Crippen molar-refractivity contribution in [3.63, 3.8) is 0 Å². The Morgan fingerprint density at radius 2 is 1.87 bits per heavy atom. The lowest BCUT2D eigenvalue weighted by Gasteiger charge is -2.23. The van der Waals surface area contributed by atoms with Gasteiger partial charge in [0.25, 0.3) is 0 Å². The van der Waals surface area contributed by atoms with Gasteiger partial charge in [0.15, 0.2) is 0 Å². The number of amides is 1. The summed E-state index contributed by atoms with van der Waals surface area (Å²) in [4.78, 5) is 14.7. The molecule has 0 radical (unpaired) electrons. The van der Waals surface area contributed by atoms with Crippen LogP contribution >= 0.6 is 12.4 Å². The van der Waals surface area contributed by atoms with Crippen LogP contribution in [0, 0.1) is 11.8 Å². The highest BCUT2D eigenvalue weighted by Crippen LogP contribution is 2.32. The summed E-state index contributed by atoms with van der Waals surface area (Å²) in [6.45, 7) is 3.58. The van der Waals surface area contributed by atoms with Crippen molar-refractivity contribution in [2.24, 2.45) is 17.6 Å². The number of carbonyl (C=O) groups excluding carboxylic acids is 1. The molecule has 2 aliphatic rings. The van der Waals surface area contributed by atoms with Crippen LogP contribution in [-0.4, -0.2) is 29.9 Å². The Morgan fingerprint density at radius 1 is 1.22 bits per heavy atom. The Labute approximate surface area is 146 Å². The third kappa shape index (κ3) is 4.27. The molecule has 3 rings (SSSR count). The van der Waals surface area contributed by atoms with E-state index in [4.69, 9.17) is 5.73 Å². The van der Waals surface area contributed by atoms with Crippen LogP contribution in [0.3, 0.4) is 0 Å². The van der Waals surface area contributed by atoms with E-state index in [-0.39, 0.29) is 30.3 Å². The number of benzene rings is 1. The predicted octanol–water partition coefficient (Wildman–Crippen LogP) is 3.58. The van der Waals surface area contributed by atoms with E-state index in [0.717, 1.165) is 18.9 Å². The normalized spacial score (nSPS) is 26.1. The van der Waals surface area contributed by atoms with E-state index < -0.39 is 0 Å². The van der Waals surface area contributed by atoms with Gasteiger partial charge in [0.05, 0.1) is 0 Å². The number of hydrogen-bond acceptors (Lipinski definition) is 2. The van der Waals surface area contributed by atoms with Crippen molar-refractivity contribution in [1.82, 2.24) is 4.90 Å². The second kappa shape index (κ2) is 8.16. The van der Waals surface area contributed by atoms with Crippen LogP contribution in [0.2, 0.25) is 0 Å². The van der Waals surface area contributed by atoms with Crippen LogP contribution in [-0.2, 0) is 4.79 Å². The molecule has 4 heteroatoms. The molecule has 0 spiro atoms. The molecule has 2 N–H and O–H groups in total. The first-order chi connectivity index (χ1) is 10.6. The summed E-state index contributed by atoms with van der Waals surface area (Å²) in [6, 6.07) is 10.4. The topological polar surface area (TPSA) is 46.3 Å². The van der Waals surface area contributed by atoms with Crippen molar-refractivity contribution in [1.29, 1.82) is 0 Å². The summed E-state index contributed by atoms with van der Waals surface area (Å²) >= 11 is 0. The molecule has 1 saturated heterocycles. The fraction of sp³-hybridized carbons (Fsp3) is 0.632. The molecule has 1 aromatic rings. The largest absolute Gasteiger partial charge is 0.340 e. The van der Waals surface area contributed by atoms with Gasteiger partial charge in [-0.15, -0.1) is 12.4 Å². The SMILES string of the molecule is CC(CC1CCCC1)C(=O)N1C[C@@H](N)[C@H](c2ccccc2)C1.Cl. The van der Waals surface area contributed by atoms with E-state index in [2.05, 4.69) is 31.2 Å². The number of halogens is 1. The molecule has 1 unspecified atom stereocenters. The third-order valence-corrected chi connectivity index (χ3v) is 5.49. The van der Waals surface area contributed by atoms with Crippen LogP contribution < -0.4 is 5.73 Å². The molecule has 3 nitrogen and oxygen atoms in total. The zero-order chi connectivity index (χ0) is 15.5. The lowest BCUT2D eigenvalue weighted by Crippen LogP contribution is -2.36. The first-order valence-corrected chi connectivity index (χ1v) is 8.74. The van der Waals surface area contributed by atoms with Crippen molar-refractivity contribution in [2.45, 2.75) is 51.0 Å². The second-order valence-corrected chi connectivity index (χ2v) is 7.21. The summed E-state index contributed by atoms with van der Waals surface area (Å²) < 4.78 is 0. The lowest BCUT2D eigenvalue weighted by atomic mass is 9.93. The molecular weight excluding hydrogens is 308 g/mol. The highest BCUT2D eigenvalue weighted by molar-refractivity contribution is 5.85. The zero-order valence-corrected chi connectivity index (χ0v) is 14.8. The van der Waals surface area contributed by atoms with Gasteiger partial charge in [-0.05, 0) is 17.9 Å². The van der Waals surface area contributed by atoms with Gasteiger partial charge in [0.2, 0.25) is 5.91 Å². The Bertz CT molecular complexity index is 501. The number of carbonyl (C=O) groups is 1. The van der Waals surface area contributed by atoms with Gasteiger partial charge in [-0.3, -0.25) is 4.79 Å². The maximum Gasteiger partial charge on any atom is 0.225 e. The maximum absolute atomic E-state index is 12.7. The summed E-state index contributed by atoms with van der Waals surface area (Å²) in [5.74, 6) is 1.49. The average molecular weight is 337 g/mol. The van der Waals surface area contributed by atoms with E-state index in [1.165, 1.54) is 31.2 Å². The molecular formula is C19H29ClN2O. The molecule has 1 aliphatic carbocycles. The van der Waals surface area contributed by atoms with Crippen molar-refractivity contribution in [2.75, 3.05) is 13.1 Å². The van der Waals surface area contributed by atoms with Crippen molar-refractivity contribution in [3.05, 3.63) is 35.9 Å². The number of likely N-dealkylation sites (tertiary alicyclic amines) is 1. The molecule has 1 heterocycles. The van der Waals surface area contributed by atoms with E-state index in [1.807, 2.05) is 11.0 Å². The molecule has 23 heavy (non-hydrogen) atoms. The van der Waals surface area contributed by atoms with Crippen molar-refractivity contribution >= 4 is 18.3 Å². The maximum atomic E-state index is 12.7. The molecule has 1 aromatic carbocycles. The summed E-state index contributed by atoms with van der Waals surface area (Å²) in [6.07, 6.45) is 6.36. The Balaban J connectivity index is 0.00000192. The van der Waals surface area contributed by atoms with Crippen LogP contribution in [0.1, 0.15) is 50.5 Å². The fourth-order valence-corrected chi connectivity index (χ4v) is 4.22. The quantitative estimate of drug-likeness (QED) is 0.913.